The van der Waals surface area contributed by atoms with Gasteiger partial charge in [-0.05, 0) is 30.4 Å². The first kappa shape index (κ1) is 9.47. The SMILES string of the molecule is C1=C(CO[SiH2]C2CCCC2)CCC1. The van der Waals surface area contributed by atoms with Gasteiger partial charge in [0.1, 0.15) is 0 Å². The molecule has 0 amide bonds. The number of hydrogen-bond acceptors (Lipinski definition) is 1. The van der Waals surface area contributed by atoms with Crippen molar-refractivity contribution >= 4 is 9.76 Å². The summed E-state index contributed by atoms with van der Waals surface area (Å²) in [7, 11) is -0.187. The van der Waals surface area contributed by atoms with Crippen LogP contribution >= 0.6 is 0 Å². The highest BCUT2D eigenvalue weighted by molar-refractivity contribution is 6.29. The van der Waals surface area contributed by atoms with Crippen LogP contribution in [-0.4, -0.2) is 16.4 Å². The molecule has 2 rings (SSSR count). The number of rotatable bonds is 4. The molecule has 0 heterocycles. The van der Waals surface area contributed by atoms with Gasteiger partial charge in [0, 0.05) is 0 Å². The van der Waals surface area contributed by atoms with Gasteiger partial charge < -0.3 is 4.43 Å². The van der Waals surface area contributed by atoms with Crippen LogP contribution in [0.1, 0.15) is 44.9 Å². The molecule has 74 valence electrons. The fourth-order valence-electron chi connectivity index (χ4n) is 2.40. The van der Waals surface area contributed by atoms with E-state index >= 15 is 0 Å². The van der Waals surface area contributed by atoms with Crippen LogP contribution in [0.2, 0.25) is 5.54 Å². The van der Waals surface area contributed by atoms with E-state index in [1.54, 1.807) is 5.57 Å². The summed E-state index contributed by atoms with van der Waals surface area (Å²) >= 11 is 0. The van der Waals surface area contributed by atoms with Gasteiger partial charge in [0.15, 0.2) is 9.76 Å². The monoisotopic (exact) mass is 196 g/mol. The Kier molecular flexibility index (Phi) is 3.62. The van der Waals surface area contributed by atoms with Gasteiger partial charge in [0.2, 0.25) is 0 Å². The zero-order chi connectivity index (χ0) is 8.93. The zero-order valence-corrected chi connectivity index (χ0v) is 9.84. The first-order valence-electron chi connectivity index (χ1n) is 5.71. The molecule has 0 unspecified atom stereocenters. The summed E-state index contributed by atoms with van der Waals surface area (Å²) in [5, 5.41) is 0. The average molecular weight is 196 g/mol. The van der Waals surface area contributed by atoms with E-state index in [0.29, 0.717) is 0 Å². The number of hydrogen-bond donors (Lipinski definition) is 0. The summed E-state index contributed by atoms with van der Waals surface area (Å²) in [5.74, 6) is 0. The summed E-state index contributed by atoms with van der Waals surface area (Å²) in [4.78, 5) is 0. The summed E-state index contributed by atoms with van der Waals surface area (Å²) in [5.41, 5.74) is 2.59. The molecular formula is C11H20OSi. The van der Waals surface area contributed by atoms with Crippen molar-refractivity contribution < 1.29 is 4.43 Å². The smallest absolute Gasteiger partial charge is 0.165 e. The highest BCUT2D eigenvalue weighted by Gasteiger charge is 2.16. The maximum absolute atomic E-state index is 5.87. The molecule has 0 bridgehead atoms. The number of allylic oxidation sites excluding steroid dienone is 1. The van der Waals surface area contributed by atoms with Gasteiger partial charge in [-0.1, -0.05) is 31.8 Å². The summed E-state index contributed by atoms with van der Waals surface area (Å²) in [6.07, 6.45) is 12.2. The molecule has 0 aliphatic heterocycles. The molecule has 0 aromatic rings. The van der Waals surface area contributed by atoms with Gasteiger partial charge in [-0.25, -0.2) is 0 Å². The van der Waals surface area contributed by atoms with Crippen molar-refractivity contribution in [2.24, 2.45) is 0 Å². The molecule has 0 atom stereocenters. The van der Waals surface area contributed by atoms with E-state index in [-0.39, 0.29) is 9.76 Å². The van der Waals surface area contributed by atoms with E-state index in [0.717, 1.165) is 12.1 Å². The zero-order valence-electron chi connectivity index (χ0n) is 8.43. The second kappa shape index (κ2) is 4.96. The normalized spacial score (nSPS) is 24.8. The van der Waals surface area contributed by atoms with E-state index in [1.165, 1.54) is 44.9 Å². The summed E-state index contributed by atoms with van der Waals surface area (Å²) < 4.78 is 5.87. The Morgan fingerprint density at radius 1 is 1.31 bits per heavy atom. The van der Waals surface area contributed by atoms with Crippen molar-refractivity contribution in [2.45, 2.75) is 50.5 Å². The highest BCUT2D eigenvalue weighted by Crippen LogP contribution is 2.29. The van der Waals surface area contributed by atoms with Gasteiger partial charge in [-0.15, -0.1) is 0 Å². The van der Waals surface area contributed by atoms with Crippen molar-refractivity contribution in [2.75, 3.05) is 6.61 Å². The fraction of sp³-hybridized carbons (Fsp3) is 0.818. The average Bonchev–Trinajstić information content (AvgIpc) is 2.75. The lowest BCUT2D eigenvalue weighted by molar-refractivity contribution is 0.361. The van der Waals surface area contributed by atoms with E-state index in [1.807, 2.05) is 0 Å². The third-order valence-electron chi connectivity index (χ3n) is 3.25. The van der Waals surface area contributed by atoms with E-state index < -0.39 is 0 Å². The molecule has 1 saturated carbocycles. The molecule has 0 aromatic heterocycles. The molecule has 2 aliphatic carbocycles. The second-order valence-electron chi connectivity index (χ2n) is 4.42. The van der Waals surface area contributed by atoms with Crippen LogP contribution in [0, 0.1) is 0 Å². The lowest BCUT2D eigenvalue weighted by Crippen LogP contribution is -2.07. The predicted octanol–water partition coefficient (Wildman–Crippen LogP) is 2.56. The molecule has 13 heavy (non-hydrogen) atoms. The molecule has 0 aromatic carbocycles. The molecule has 0 saturated heterocycles. The minimum Gasteiger partial charge on any atom is -0.420 e. The van der Waals surface area contributed by atoms with Crippen molar-refractivity contribution in [3.8, 4) is 0 Å². The quantitative estimate of drug-likeness (QED) is 0.496. The topological polar surface area (TPSA) is 9.23 Å². The van der Waals surface area contributed by atoms with Crippen molar-refractivity contribution in [1.82, 2.24) is 0 Å². The molecule has 0 spiro atoms. The lowest BCUT2D eigenvalue weighted by atomic mass is 10.2. The van der Waals surface area contributed by atoms with Crippen molar-refractivity contribution in [1.29, 1.82) is 0 Å². The third-order valence-corrected chi connectivity index (χ3v) is 4.98. The van der Waals surface area contributed by atoms with E-state index in [9.17, 15) is 0 Å². The minimum absolute atomic E-state index is 0.187. The van der Waals surface area contributed by atoms with Gasteiger partial charge >= 0.3 is 0 Å². The Balaban J connectivity index is 1.57. The largest absolute Gasteiger partial charge is 0.420 e. The van der Waals surface area contributed by atoms with Crippen LogP contribution in [0.3, 0.4) is 0 Å². The van der Waals surface area contributed by atoms with Crippen molar-refractivity contribution in [3.63, 3.8) is 0 Å². The van der Waals surface area contributed by atoms with Crippen LogP contribution < -0.4 is 0 Å². The Morgan fingerprint density at radius 3 is 2.85 bits per heavy atom. The summed E-state index contributed by atoms with van der Waals surface area (Å²) in [6.45, 7) is 0.975. The van der Waals surface area contributed by atoms with Crippen LogP contribution in [0.4, 0.5) is 0 Å². The summed E-state index contributed by atoms with van der Waals surface area (Å²) in [6, 6.07) is 0. The molecule has 1 nitrogen and oxygen atoms in total. The Bertz CT molecular complexity index is 183. The van der Waals surface area contributed by atoms with Crippen molar-refractivity contribution in [3.05, 3.63) is 11.6 Å². The maximum atomic E-state index is 5.87. The van der Waals surface area contributed by atoms with Crippen LogP contribution in [0.5, 0.6) is 0 Å². The molecular weight excluding hydrogens is 176 g/mol. The predicted molar refractivity (Wildman–Crippen MR) is 58.6 cm³/mol. The Labute approximate surface area is 83.5 Å². The first-order valence-corrected chi connectivity index (χ1v) is 7.10. The van der Waals surface area contributed by atoms with Crippen LogP contribution in [0.25, 0.3) is 0 Å². The highest BCUT2D eigenvalue weighted by atomic mass is 28.2. The molecule has 2 aliphatic rings. The van der Waals surface area contributed by atoms with E-state index in [2.05, 4.69) is 6.08 Å². The third kappa shape index (κ3) is 2.95. The molecule has 2 heteroatoms. The van der Waals surface area contributed by atoms with Gasteiger partial charge in [0.05, 0.1) is 6.61 Å². The fourth-order valence-corrected chi connectivity index (χ4v) is 4.03. The maximum Gasteiger partial charge on any atom is 0.165 e. The first-order chi connectivity index (χ1) is 6.45. The van der Waals surface area contributed by atoms with E-state index in [4.69, 9.17) is 4.43 Å². The standard InChI is InChI=1S/C11H20OSi/c1-2-6-10(5-1)9-12-13-11-7-3-4-8-11/h5,11H,1-4,6-9,13H2. The molecule has 1 fully saturated rings. The molecule has 0 radical (unpaired) electrons. The second-order valence-corrected chi connectivity index (χ2v) is 6.32. The molecule has 0 N–H and O–H groups in total. The lowest BCUT2D eigenvalue weighted by Gasteiger charge is -2.09. The van der Waals surface area contributed by atoms with Gasteiger partial charge in [-0.3, -0.25) is 0 Å². The Hall–Kier alpha value is -0.0831. The van der Waals surface area contributed by atoms with Crippen LogP contribution in [-0.2, 0) is 4.43 Å². The Morgan fingerprint density at radius 2 is 2.15 bits per heavy atom. The minimum atomic E-state index is -0.187. The van der Waals surface area contributed by atoms with Gasteiger partial charge in [0.25, 0.3) is 0 Å². The van der Waals surface area contributed by atoms with Crippen LogP contribution in [0.15, 0.2) is 11.6 Å². The van der Waals surface area contributed by atoms with Gasteiger partial charge in [-0.2, -0.15) is 0 Å².